The van der Waals surface area contributed by atoms with Gasteiger partial charge in [-0.3, -0.25) is 0 Å². The van der Waals surface area contributed by atoms with E-state index in [-0.39, 0.29) is 17.3 Å². The second kappa shape index (κ2) is 7.77. The Morgan fingerprint density at radius 2 is 1.10 bits per heavy atom. The lowest BCUT2D eigenvalue weighted by Crippen LogP contribution is -2.16. The second-order valence-corrected chi connectivity index (χ2v) is 6.20. The Balaban J connectivity index is 1.93. The van der Waals surface area contributed by atoms with Gasteiger partial charge in [-0.2, -0.15) is 0 Å². The average Bonchev–Trinajstić information content (AvgIpc) is 2.61. The number of anilines is 1. The highest BCUT2D eigenvalue weighted by Gasteiger charge is 2.31. The van der Waals surface area contributed by atoms with Crippen LogP contribution in [-0.4, -0.2) is 17.7 Å². The number of benzene rings is 2. The quantitative estimate of drug-likeness (QED) is 0.510. The van der Waals surface area contributed by atoms with E-state index in [4.69, 9.17) is 5.73 Å². The maximum Gasteiger partial charge on any atom is 0.573 e. The molecule has 0 saturated carbocycles. The van der Waals surface area contributed by atoms with Gasteiger partial charge in [0.05, 0.1) is 0 Å². The number of nitrogens with zero attached hydrogens (tertiary/aromatic N) is 1. The molecule has 0 aliphatic rings. The summed E-state index contributed by atoms with van der Waals surface area (Å²) in [6.07, 6.45) is -9.60. The number of halogens is 6. The summed E-state index contributed by atoms with van der Waals surface area (Å²) in [4.78, 5) is 4.25. The predicted octanol–water partition coefficient (Wildman–Crippen LogP) is 6.10. The van der Waals surface area contributed by atoms with Crippen molar-refractivity contribution in [3.63, 3.8) is 0 Å². The molecule has 0 aliphatic carbocycles. The molecule has 1 aromatic heterocycles. The molecule has 1 heterocycles. The van der Waals surface area contributed by atoms with Crippen LogP contribution in [0.15, 0.2) is 54.6 Å². The van der Waals surface area contributed by atoms with Gasteiger partial charge >= 0.3 is 12.7 Å². The van der Waals surface area contributed by atoms with Gasteiger partial charge in [-0.1, -0.05) is 24.3 Å². The summed E-state index contributed by atoms with van der Waals surface area (Å²) in [5, 5.41) is 0. The van der Waals surface area contributed by atoms with Gasteiger partial charge < -0.3 is 15.2 Å². The smallest absolute Gasteiger partial charge is 0.406 e. The minimum absolute atomic E-state index is 0.151. The van der Waals surface area contributed by atoms with E-state index >= 15 is 0 Å². The van der Waals surface area contributed by atoms with Crippen molar-refractivity contribution >= 4 is 5.82 Å². The van der Waals surface area contributed by atoms with E-state index in [2.05, 4.69) is 14.5 Å². The van der Waals surface area contributed by atoms with Crippen molar-refractivity contribution in [1.29, 1.82) is 0 Å². The first kappa shape index (κ1) is 21.3. The number of alkyl halides is 6. The summed E-state index contributed by atoms with van der Waals surface area (Å²) in [6, 6.07) is 12.0. The Morgan fingerprint density at radius 1 is 0.700 bits per heavy atom. The van der Waals surface area contributed by atoms with Crippen LogP contribution in [0.1, 0.15) is 5.69 Å². The second-order valence-electron chi connectivity index (χ2n) is 6.20. The highest BCUT2D eigenvalue weighted by Crippen LogP contribution is 2.34. The van der Waals surface area contributed by atoms with Gasteiger partial charge in [-0.15, -0.1) is 26.3 Å². The summed E-state index contributed by atoms with van der Waals surface area (Å²) >= 11 is 0. The number of ether oxygens (including phenoxy) is 2. The molecule has 0 radical (unpaired) electrons. The highest BCUT2D eigenvalue weighted by molar-refractivity contribution is 5.81. The van der Waals surface area contributed by atoms with Crippen molar-refractivity contribution in [1.82, 2.24) is 4.98 Å². The molecular formula is C20H14F6N2O2. The first-order valence-electron chi connectivity index (χ1n) is 8.41. The van der Waals surface area contributed by atoms with Crippen molar-refractivity contribution in [2.75, 3.05) is 5.73 Å². The van der Waals surface area contributed by atoms with Gasteiger partial charge in [0.15, 0.2) is 0 Å². The topological polar surface area (TPSA) is 57.4 Å². The normalized spacial score (nSPS) is 12.0. The monoisotopic (exact) mass is 428 g/mol. The summed E-state index contributed by atoms with van der Waals surface area (Å²) in [5.74, 6) is -0.601. The van der Waals surface area contributed by atoms with E-state index in [9.17, 15) is 26.3 Å². The first-order valence-corrected chi connectivity index (χ1v) is 8.41. The van der Waals surface area contributed by atoms with E-state index in [0.717, 1.165) is 12.1 Å². The van der Waals surface area contributed by atoms with Crippen LogP contribution in [0.3, 0.4) is 0 Å². The molecule has 0 bridgehead atoms. The van der Waals surface area contributed by atoms with Crippen LogP contribution in [0, 0.1) is 6.92 Å². The van der Waals surface area contributed by atoms with Crippen molar-refractivity contribution in [3.05, 3.63) is 60.3 Å². The van der Waals surface area contributed by atoms with Gasteiger partial charge in [-0.25, -0.2) is 4.98 Å². The molecule has 0 saturated heterocycles. The molecule has 10 heteroatoms. The maximum absolute atomic E-state index is 12.3. The zero-order valence-corrected chi connectivity index (χ0v) is 15.3. The third kappa shape index (κ3) is 5.34. The lowest BCUT2D eigenvalue weighted by atomic mass is 9.98. The number of rotatable bonds is 4. The number of nitrogens with two attached hydrogens (primary N) is 1. The zero-order valence-electron chi connectivity index (χ0n) is 15.3. The van der Waals surface area contributed by atoms with Crippen LogP contribution in [0.25, 0.3) is 22.3 Å². The molecule has 3 aromatic rings. The van der Waals surface area contributed by atoms with E-state index in [0.29, 0.717) is 27.9 Å². The Morgan fingerprint density at radius 3 is 1.50 bits per heavy atom. The fraction of sp³-hybridized carbons (Fsp3) is 0.150. The van der Waals surface area contributed by atoms with E-state index in [1.165, 1.54) is 36.4 Å². The molecule has 0 spiro atoms. The van der Waals surface area contributed by atoms with Crippen molar-refractivity contribution in [3.8, 4) is 33.8 Å². The molecule has 0 atom stereocenters. The van der Waals surface area contributed by atoms with Crippen molar-refractivity contribution < 1.29 is 35.8 Å². The minimum Gasteiger partial charge on any atom is -0.406 e. The fourth-order valence-electron chi connectivity index (χ4n) is 2.82. The Kier molecular flexibility index (Phi) is 5.51. The van der Waals surface area contributed by atoms with E-state index in [1.807, 2.05) is 0 Å². The molecule has 3 rings (SSSR count). The van der Waals surface area contributed by atoms with Crippen LogP contribution in [0.2, 0.25) is 0 Å². The Labute approximate surface area is 166 Å². The van der Waals surface area contributed by atoms with Crippen LogP contribution in [0.4, 0.5) is 32.2 Å². The molecule has 30 heavy (non-hydrogen) atoms. The lowest BCUT2D eigenvalue weighted by molar-refractivity contribution is -0.275. The van der Waals surface area contributed by atoms with E-state index in [1.54, 1.807) is 13.0 Å². The average molecular weight is 428 g/mol. The van der Waals surface area contributed by atoms with Gasteiger partial charge in [0.1, 0.15) is 17.3 Å². The number of aryl methyl sites for hydroxylation is 1. The van der Waals surface area contributed by atoms with Crippen molar-refractivity contribution in [2.24, 2.45) is 0 Å². The Hall–Kier alpha value is -3.43. The number of pyridine rings is 1. The van der Waals surface area contributed by atoms with Gasteiger partial charge in [0.25, 0.3) is 0 Å². The summed E-state index contributed by atoms with van der Waals surface area (Å²) in [7, 11) is 0. The molecule has 4 nitrogen and oxygen atoms in total. The standard InChI is InChI=1S/C20H14F6N2O2/c1-11-16(12-2-6-14(7-3-12)29-19(21,22)23)10-17(18(27)28-11)13-4-8-15(9-5-13)30-20(24,25)26/h2-10H,1H3,(H2,27,28). The third-order valence-corrected chi connectivity index (χ3v) is 4.04. The van der Waals surface area contributed by atoms with Crippen molar-refractivity contribution in [2.45, 2.75) is 19.6 Å². The van der Waals surface area contributed by atoms with Crippen LogP contribution in [-0.2, 0) is 0 Å². The maximum atomic E-state index is 12.3. The number of aromatic nitrogens is 1. The molecule has 0 unspecified atom stereocenters. The van der Waals surface area contributed by atoms with Gasteiger partial charge in [-0.05, 0) is 48.4 Å². The number of nitrogen functional groups attached to an aromatic ring is 1. The molecule has 2 aromatic carbocycles. The third-order valence-electron chi connectivity index (χ3n) is 4.04. The zero-order chi connectivity index (χ0) is 22.1. The van der Waals surface area contributed by atoms with E-state index < -0.39 is 12.7 Å². The summed E-state index contributed by atoms with van der Waals surface area (Å²) in [5.41, 5.74) is 8.59. The molecule has 0 fully saturated rings. The highest BCUT2D eigenvalue weighted by atomic mass is 19.4. The lowest BCUT2D eigenvalue weighted by Gasteiger charge is -2.14. The summed E-state index contributed by atoms with van der Waals surface area (Å²) < 4.78 is 81.6. The number of hydrogen-bond acceptors (Lipinski definition) is 4. The molecular weight excluding hydrogens is 414 g/mol. The first-order chi connectivity index (χ1) is 13.9. The number of hydrogen-bond donors (Lipinski definition) is 1. The Bertz CT molecular complexity index is 949. The van der Waals surface area contributed by atoms with Crippen LogP contribution < -0.4 is 15.2 Å². The van der Waals surface area contributed by atoms with Gasteiger partial charge in [0.2, 0.25) is 0 Å². The summed E-state index contributed by atoms with van der Waals surface area (Å²) in [6.45, 7) is 1.68. The van der Waals surface area contributed by atoms with Crippen LogP contribution >= 0.6 is 0 Å². The molecule has 0 aliphatic heterocycles. The molecule has 0 amide bonds. The van der Waals surface area contributed by atoms with Gasteiger partial charge in [0, 0.05) is 16.8 Å². The fourth-order valence-corrected chi connectivity index (χ4v) is 2.82. The minimum atomic E-state index is -4.80. The SMILES string of the molecule is Cc1nc(N)c(-c2ccc(OC(F)(F)F)cc2)cc1-c1ccc(OC(F)(F)F)cc1. The largest absolute Gasteiger partial charge is 0.573 e. The van der Waals surface area contributed by atoms with Crippen LogP contribution in [0.5, 0.6) is 11.5 Å². The molecule has 158 valence electrons. The molecule has 2 N–H and O–H groups in total. The predicted molar refractivity (Wildman–Crippen MR) is 97.6 cm³/mol.